The van der Waals surface area contributed by atoms with Crippen LogP contribution < -0.4 is 0 Å². The monoisotopic (exact) mass is 548 g/mol. The van der Waals surface area contributed by atoms with Gasteiger partial charge in [-0.25, -0.2) is 0 Å². The largest absolute Gasteiger partial charge is 0.455 e. The maximum atomic E-state index is 6.53. The van der Waals surface area contributed by atoms with Crippen molar-refractivity contribution in [3.8, 4) is 16.8 Å². The minimum absolute atomic E-state index is 0.903. The fourth-order valence-electron chi connectivity index (χ4n) is 7.18. The van der Waals surface area contributed by atoms with E-state index in [0.29, 0.717) is 0 Å². The summed E-state index contributed by atoms with van der Waals surface area (Å²) in [5.74, 6) is 0. The van der Waals surface area contributed by atoms with Gasteiger partial charge in [0.15, 0.2) is 0 Å². The predicted octanol–water partition coefficient (Wildman–Crippen LogP) is 11.1. The second-order valence-electron chi connectivity index (χ2n) is 11.4. The summed E-state index contributed by atoms with van der Waals surface area (Å²) in [5.41, 5.74) is 9.86. The first-order valence-corrected chi connectivity index (χ1v) is 14.7. The van der Waals surface area contributed by atoms with E-state index in [-0.39, 0.29) is 0 Å². The standard InChI is InChI=1S/C40H24N2O/c1-2-10-24(11-3-1)30-20-26(21-32-29-15-7-9-17-38(29)43-40(30)32)42-36-19-18-25-12-4-5-13-27(25)39(36)33-22-35-31(23-37(33)42)28-14-6-8-16-34(28)41-35/h1-23,41H. The first kappa shape index (κ1) is 22.8. The second kappa shape index (κ2) is 8.37. The van der Waals surface area contributed by atoms with E-state index in [1.54, 1.807) is 0 Å². The Bertz CT molecular complexity index is 2720. The number of nitrogens with one attached hydrogen (secondary N) is 1. The molecule has 0 unspecified atom stereocenters. The third kappa shape index (κ3) is 3.14. The van der Waals surface area contributed by atoms with Crippen molar-refractivity contribution >= 4 is 76.3 Å². The molecule has 0 amide bonds. The van der Waals surface area contributed by atoms with E-state index < -0.39 is 0 Å². The summed E-state index contributed by atoms with van der Waals surface area (Å²) in [4.78, 5) is 3.68. The molecule has 7 aromatic carbocycles. The maximum Gasteiger partial charge on any atom is 0.143 e. The van der Waals surface area contributed by atoms with E-state index in [1.165, 1.54) is 43.4 Å². The molecule has 0 aliphatic rings. The van der Waals surface area contributed by atoms with Crippen LogP contribution in [0.3, 0.4) is 0 Å². The molecule has 0 radical (unpaired) electrons. The lowest BCUT2D eigenvalue weighted by atomic mass is 10.0. The fraction of sp³-hybridized carbons (Fsp3) is 0. The third-order valence-corrected chi connectivity index (χ3v) is 9.09. The van der Waals surface area contributed by atoms with Crippen LogP contribution >= 0.6 is 0 Å². The van der Waals surface area contributed by atoms with Gasteiger partial charge < -0.3 is 14.0 Å². The summed E-state index contributed by atoms with van der Waals surface area (Å²) in [6, 6.07) is 50.1. The normalized spacial score (nSPS) is 12.2. The van der Waals surface area contributed by atoms with Crippen molar-refractivity contribution in [2.75, 3.05) is 0 Å². The van der Waals surface area contributed by atoms with E-state index in [2.05, 4.69) is 143 Å². The number of nitrogens with zero attached hydrogens (tertiary/aromatic N) is 1. The van der Waals surface area contributed by atoms with Gasteiger partial charge in [0.05, 0.1) is 11.0 Å². The molecule has 43 heavy (non-hydrogen) atoms. The van der Waals surface area contributed by atoms with Crippen molar-refractivity contribution in [1.29, 1.82) is 0 Å². The molecule has 0 saturated heterocycles. The maximum absolute atomic E-state index is 6.53. The highest BCUT2D eigenvalue weighted by atomic mass is 16.3. The molecular formula is C40H24N2O. The topological polar surface area (TPSA) is 33.9 Å². The van der Waals surface area contributed by atoms with Crippen LogP contribution in [0.5, 0.6) is 0 Å². The van der Waals surface area contributed by atoms with Crippen LogP contribution in [-0.4, -0.2) is 9.55 Å². The highest BCUT2D eigenvalue weighted by molar-refractivity contribution is 6.25. The van der Waals surface area contributed by atoms with Crippen LogP contribution in [0.1, 0.15) is 0 Å². The molecule has 0 aliphatic carbocycles. The van der Waals surface area contributed by atoms with Gasteiger partial charge in [0, 0.05) is 54.6 Å². The van der Waals surface area contributed by atoms with Crippen LogP contribution in [0.15, 0.2) is 144 Å². The second-order valence-corrected chi connectivity index (χ2v) is 11.4. The van der Waals surface area contributed by atoms with Crippen molar-refractivity contribution in [2.45, 2.75) is 0 Å². The Balaban J connectivity index is 1.41. The number of hydrogen-bond acceptors (Lipinski definition) is 1. The molecule has 1 N–H and O–H groups in total. The van der Waals surface area contributed by atoms with Gasteiger partial charge in [-0.1, -0.05) is 97.1 Å². The van der Waals surface area contributed by atoms with Gasteiger partial charge in [-0.3, -0.25) is 0 Å². The summed E-state index contributed by atoms with van der Waals surface area (Å²) in [6.45, 7) is 0. The zero-order chi connectivity index (χ0) is 28.1. The van der Waals surface area contributed by atoms with Crippen LogP contribution in [0.4, 0.5) is 0 Å². The molecular weight excluding hydrogens is 524 g/mol. The molecule has 200 valence electrons. The van der Waals surface area contributed by atoms with E-state index in [9.17, 15) is 0 Å². The molecule has 3 nitrogen and oxygen atoms in total. The molecule has 10 aromatic rings. The van der Waals surface area contributed by atoms with Crippen molar-refractivity contribution < 1.29 is 4.42 Å². The highest BCUT2D eigenvalue weighted by Crippen LogP contribution is 2.43. The van der Waals surface area contributed by atoms with Gasteiger partial charge in [-0.15, -0.1) is 0 Å². The Morgan fingerprint density at radius 3 is 2.16 bits per heavy atom. The molecule has 0 saturated carbocycles. The number of rotatable bonds is 2. The summed E-state index contributed by atoms with van der Waals surface area (Å²) >= 11 is 0. The lowest BCUT2D eigenvalue weighted by Gasteiger charge is -2.12. The molecule has 0 spiro atoms. The zero-order valence-electron chi connectivity index (χ0n) is 23.1. The van der Waals surface area contributed by atoms with Gasteiger partial charge >= 0.3 is 0 Å². The average molecular weight is 549 g/mol. The highest BCUT2D eigenvalue weighted by Gasteiger charge is 2.20. The van der Waals surface area contributed by atoms with Crippen LogP contribution in [0.25, 0.3) is 93.1 Å². The lowest BCUT2D eigenvalue weighted by Crippen LogP contribution is -1.95. The van der Waals surface area contributed by atoms with E-state index in [0.717, 1.165) is 49.8 Å². The fourth-order valence-corrected chi connectivity index (χ4v) is 7.18. The average Bonchev–Trinajstić information content (AvgIpc) is 3.73. The number of furan rings is 1. The van der Waals surface area contributed by atoms with Crippen molar-refractivity contribution in [2.24, 2.45) is 0 Å². The zero-order valence-corrected chi connectivity index (χ0v) is 23.1. The summed E-state index contributed by atoms with van der Waals surface area (Å²) < 4.78 is 8.98. The van der Waals surface area contributed by atoms with Gasteiger partial charge in [-0.2, -0.15) is 0 Å². The van der Waals surface area contributed by atoms with Crippen molar-refractivity contribution in [1.82, 2.24) is 9.55 Å². The Kier molecular flexibility index (Phi) is 4.45. The Hall–Kier alpha value is -5.80. The molecule has 10 rings (SSSR count). The number of aromatic amines is 1. The minimum atomic E-state index is 0.903. The Labute approximate surface area is 246 Å². The lowest BCUT2D eigenvalue weighted by molar-refractivity contribution is 0.670. The SMILES string of the molecule is c1ccc(-c2cc(-n3c4cc5c(cc4c4c6ccccc6ccc43)[nH]c3ccccc35)cc3c2oc2ccccc23)cc1. The Morgan fingerprint density at radius 2 is 1.26 bits per heavy atom. The van der Waals surface area contributed by atoms with Crippen molar-refractivity contribution in [3.63, 3.8) is 0 Å². The van der Waals surface area contributed by atoms with Crippen LogP contribution in [0, 0.1) is 0 Å². The van der Waals surface area contributed by atoms with Crippen LogP contribution in [-0.2, 0) is 0 Å². The molecule has 0 atom stereocenters. The minimum Gasteiger partial charge on any atom is -0.455 e. The summed E-state index contributed by atoms with van der Waals surface area (Å²) in [6.07, 6.45) is 0. The van der Waals surface area contributed by atoms with Crippen molar-refractivity contribution in [3.05, 3.63) is 140 Å². The van der Waals surface area contributed by atoms with Gasteiger partial charge in [0.25, 0.3) is 0 Å². The number of benzene rings is 7. The summed E-state index contributed by atoms with van der Waals surface area (Å²) in [5, 5.41) is 9.73. The first-order chi connectivity index (χ1) is 21.3. The van der Waals surface area contributed by atoms with Gasteiger partial charge in [0.2, 0.25) is 0 Å². The number of para-hydroxylation sites is 2. The van der Waals surface area contributed by atoms with E-state index in [4.69, 9.17) is 4.42 Å². The molecule has 0 aliphatic heterocycles. The molecule has 0 bridgehead atoms. The van der Waals surface area contributed by atoms with Crippen LogP contribution in [0.2, 0.25) is 0 Å². The Morgan fingerprint density at radius 1 is 0.488 bits per heavy atom. The number of aromatic nitrogens is 2. The summed E-state index contributed by atoms with van der Waals surface area (Å²) in [7, 11) is 0. The van der Waals surface area contributed by atoms with E-state index in [1.807, 2.05) is 6.07 Å². The number of hydrogen-bond donors (Lipinski definition) is 1. The molecule has 0 fully saturated rings. The van der Waals surface area contributed by atoms with Gasteiger partial charge in [0.1, 0.15) is 11.2 Å². The molecule has 3 heterocycles. The van der Waals surface area contributed by atoms with E-state index >= 15 is 0 Å². The van der Waals surface area contributed by atoms with Gasteiger partial charge in [-0.05, 0) is 58.8 Å². The molecule has 3 aromatic heterocycles. The first-order valence-electron chi connectivity index (χ1n) is 14.7. The third-order valence-electron chi connectivity index (χ3n) is 9.09. The number of fused-ring (bicyclic) bond motifs is 11. The quantitative estimate of drug-likeness (QED) is 0.229. The predicted molar refractivity (Wildman–Crippen MR) is 180 cm³/mol. The smallest absolute Gasteiger partial charge is 0.143 e. The molecule has 3 heteroatoms. The number of H-pyrrole nitrogens is 1.